The molecule has 6 heteroatoms. The number of aryl methyl sites for hydroxylation is 2. The fourth-order valence-corrected chi connectivity index (χ4v) is 4.49. The lowest BCUT2D eigenvalue weighted by molar-refractivity contribution is 0.0994. The highest BCUT2D eigenvalue weighted by Crippen LogP contribution is 2.31. The van der Waals surface area contributed by atoms with E-state index in [9.17, 15) is 4.79 Å². The minimum absolute atomic E-state index is 0.112. The Morgan fingerprint density at radius 3 is 2.65 bits per heavy atom. The van der Waals surface area contributed by atoms with E-state index >= 15 is 0 Å². The maximum Gasteiger partial charge on any atom is 0.210 e. The van der Waals surface area contributed by atoms with E-state index in [0.29, 0.717) is 0 Å². The number of aromatic nitrogens is 2. The highest BCUT2D eigenvalue weighted by Gasteiger charge is 2.18. The summed E-state index contributed by atoms with van der Waals surface area (Å²) < 4.78 is 0.784. The van der Waals surface area contributed by atoms with Crippen LogP contribution in [-0.2, 0) is 6.42 Å². The van der Waals surface area contributed by atoms with E-state index in [-0.39, 0.29) is 11.0 Å². The van der Waals surface area contributed by atoms with Gasteiger partial charge in [0.2, 0.25) is 5.13 Å². The van der Waals surface area contributed by atoms with Crippen molar-refractivity contribution in [1.29, 1.82) is 0 Å². The standard InChI is InChI=1S/C20H21N3OS2/c1-4-15-8-10-16(11-9-15)18(24)14(3)25-20-23-22-19(26-20)21-17-7-5-6-13(2)12-17/h5-12,14H,4H2,1-3H3,(H,21,22)/t14-/m1/s1. The van der Waals surface area contributed by atoms with Gasteiger partial charge in [0.05, 0.1) is 5.25 Å². The summed E-state index contributed by atoms with van der Waals surface area (Å²) in [7, 11) is 0. The summed E-state index contributed by atoms with van der Waals surface area (Å²) in [6.07, 6.45) is 0.972. The van der Waals surface area contributed by atoms with Crippen LogP contribution < -0.4 is 5.32 Å². The van der Waals surface area contributed by atoms with Crippen LogP contribution in [0, 0.1) is 6.92 Å². The maximum absolute atomic E-state index is 12.6. The molecule has 2 aromatic carbocycles. The molecule has 0 aliphatic heterocycles. The molecule has 3 rings (SSSR count). The van der Waals surface area contributed by atoms with E-state index in [4.69, 9.17) is 0 Å². The van der Waals surface area contributed by atoms with Crippen molar-refractivity contribution in [2.75, 3.05) is 5.32 Å². The van der Waals surface area contributed by atoms with Crippen molar-refractivity contribution in [3.8, 4) is 0 Å². The zero-order chi connectivity index (χ0) is 18.5. The minimum Gasteiger partial charge on any atom is -0.330 e. The van der Waals surface area contributed by atoms with Crippen LogP contribution in [0.1, 0.15) is 35.3 Å². The van der Waals surface area contributed by atoms with Gasteiger partial charge in [-0.3, -0.25) is 4.79 Å². The SMILES string of the molecule is CCc1ccc(C(=O)[C@@H](C)Sc2nnc(Nc3cccc(C)c3)s2)cc1. The van der Waals surface area contributed by atoms with Gasteiger partial charge in [-0.05, 0) is 43.5 Å². The van der Waals surface area contributed by atoms with Crippen molar-refractivity contribution in [3.63, 3.8) is 0 Å². The first-order chi connectivity index (χ1) is 12.5. The van der Waals surface area contributed by atoms with Gasteiger partial charge in [-0.25, -0.2) is 0 Å². The fraction of sp³-hybridized carbons (Fsp3) is 0.250. The van der Waals surface area contributed by atoms with Gasteiger partial charge >= 0.3 is 0 Å². The van der Waals surface area contributed by atoms with Crippen LogP contribution in [0.5, 0.6) is 0 Å². The zero-order valence-electron chi connectivity index (χ0n) is 15.0. The predicted octanol–water partition coefficient (Wildman–Crippen LogP) is 5.52. The van der Waals surface area contributed by atoms with Crippen molar-refractivity contribution in [1.82, 2.24) is 10.2 Å². The van der Waals surface area contributed by atoms with Crippen LogP contribution >= 0.6 is 23.1 Å². The van der Waals surface area contributed by atoms with Crippen molar-refractivity contribution >= 4 is 39.7 Å². The monoisotopic (exact) mass is 383 g/mol. The molecule has 0 fully saturated rings. The molecule has 4 nitrogen and oxygen atoms in total. The van der Waals surface area contributed by atoms with Gasteiger partial charge in [-0.15, -0.1) is 10.2 Å². The second-order valence-corrected chi connectivity index (χ2v) is 8.61. The highest BCUT2D eigenvalue weighted by atomic mass is 32.2. The predicted molar refractivity (Wildman–Crippen MR) is 110 cm³/mol. The number of benzene rings is 2. The van der Waals surface area contributed by atoms with Crippen LogP contribution in [0.15, 0.2) is 52.9 Å². The second-order valence-electron chi connectivity index (χ2n) is 6.04. The molecule has 3 aromatic rings. The average Bonchev–Trinajstić information content (AvgIpc) is 3.08. The molecule has 0 unspecified atom stereocenters. The Morgan fingerprint density at radius 2 is 1.96 bits per heavy atom. The number of rotatable bonds is 7. The average molecular weight is 384 g/mol. The molecule has 0 spiro atoms. The van der Waals surface area contributed by atoms with Gasteiger partial charge in [0, 0.05) is 11.3 Å². The van der Waals surface area contributed by atoms with E-state index in [2.05, 4.69) is 28.5 Å². The largest absolute Gasteiger partial charge is 0.330 e. The van der Waals surface area contributed by atoms with Crippen LogP contribution in [0.3, 0.4) is 0 Å². The Morgan fingerprint density at radius 1 is 1.19 bits per heavy atom. The minimum atomic E-state index is -0.206. The van der Waals surface area contributed by atoms with E-state index < -0.39 is 0 Å². The molecule has 0 radical (unpaired) electrons. The van der Waals surface area contributed by atoms with Crippen LogP contribution in [-0.4, -0.2) is 21.2 Å². The zero-order valence-corrected chi connectivity index (χ0v) is 16.7. The molecule has 0 aliphatic carbocycles. The third-order valence-electron chi connectivity index (χ3n) is 3.97. The number of nitrogens with one attached hydrogen (secondary N) is 1. The summed E-state index contributed by atoms with van der Waals surface area (Å²) in [5, 5.41) is 12.1. The van der Waals surface area contributed by atoms with Gasteiger partial charge in [-0.1, -0.05) is 66.4 Å². The summed E-state index contributed by atoms with van der Waals surface area (Å²) in [6, 6.07) is 15.9. The summed E-state index contributed by atoms with van der Waals surface area (Å²) in [5.74, 6) is 0.112. The molecular weight excluding hydrogens is 362 g/mol. The Kier molecular flexibility index (Phi) is 6.06. The van der Waals surface area contributed by atoms with Crippen molar-refractivity contribution in [2.24, 2.45) is 0 Å². The first kappa shape index (κ1) is 18.6. The number of carbonyl (C=O) groups excluding carboxylic acids is 1. The third kappa shape index (κ3) is 4.71. The number of hydrogen-bond donors (Lipinski definition) is 1. The molecule has 1 aromatic heterocycles. The molecule has 1 N–H and O–H groups in total. The Bertz CT molecular complexity index is 890. The Labute approximate surface area is 162 Å². The van der Waals surface area contributed by atoms with Crippen LogP contribution in [0.4, 0.5) is 10.8 Å². The van der Waals surface area contributed by atoms with E-state index in [1.165, 1.54) is 34.2 Å². The quantitative estimate of drug-likeness (QED) is 0.430. The molecule has 1 heterocycles. The molecule has 26 heavy (non-hydrogen) atoms. The maximum atomic E-state index is 12.6. The lowest BCUT2D eigenvalue weighted by Crippen LogP contribution is -2.13. The Balaban J connectivity index is 1.63. The summed E-state index contributed by atoms with van der Waals surface area (Å²) >= 11 is 2.90. The summed E-state index contributed by atoms with van der Waals surface area (Å²) in [6.45, 7) is 6.07. The number of carbonyl (C=O) groups is 1. The highest BCUT2D eigenvalue weighted by molar-refractivity contribution is 8.02. The van der Waals surface area contributed by atoms with Gasteiger partial charge in [0.15, 0.2) is 10.1 Å². The summed E-state index contributed by atoms with van der Waals surface area (Å²) in [5.41, 5.74) is 4.14. The molecule has 1 atom stereocenters. The van der Waals surface area contributed by atoms with Crippen LogP contribution in [0.25, 0.3) is 0 Å². The second kappa shape index (κ2) is 8.47. The normalized spacial score (nSPS) is 12.0. The number of thioether (sulfide) groups is 1. The molecule has 0 bridgehead atoms. The van der Waals surface area contributed by atoms with Gasteiger partial charge in [0.1, 0.15) is 0 Å². The molecule has 0 saturated carbocycles. The number of hydrogen-bond acceptors (Lipinski definition) is 6. The van der Waals surface area contributed by atoms with Crippen molar-refractivity contribution in [3.05, 3.63) is 65.2 Å². The van der Waals surface area contributed by atoms with E-state index in [1.807, 2.05) is 56.3 Å². The lowest BCUT2D eigenvalue weighted by Gasteiger charge is -2.08. The molecule has 0 saturated heterocycles. The molecule has 0 aliphatic rings. The van der Waals surface area contributed by atoms with E-state index in [0.717, 1.165) is 27.1 Å². The Hall–Kier alpha value is -2.18. The van der Waals surface area contributed by atoms with Crippen molar-refractivity contribution in [2.45, 2.75) is 36.8 Å². The number of Topliss-reactive ketones (excluding diaryl/α,β-unsaturated/α-hetero) is 1. The topological polar surface area (TPSA) is 54.9 Å². The summed E-state index contributed by atoms with van der Waals surface area (Å²) in [4.78, 5) is 12.6. The van der Waals surface area contributed by atoms with Crippen LogP contribution in [0.2, 0.25) is 0 Å². The molecular formula is C20H21N3OS2. The first-order valence-corrected chi connectivity index (χ1v) is 10.2. The number of ketones is 1. The molecule has 0 amide bonds. The number of nitrogens with zero attached hydrogens (tertiary/aromatic N) is 2. The van der Waals surface area contributed by atoms with Gasteiger partial charge < -0.3 is 5.32 Å². The first-order valence-electron chi connectivity index (χ1n) is 8.52. The smallest absolute Gasteiger partial charge is 0.210 e. The van der Waals surface area contributed by atoms with Crippen molar-refractivity contribution < 1.29 is 4.79 Å². The molecule has 134 valence electrons. The van der Waals surface area contributed by atoms with Gasteiger partial charge in [-0.2, -0.15) is 0 Å². The lowest BCUT2D eigenvalue weighted by atomic mass is 10.1. The van der Waals surface area contributed by atoms with E-state index in [1.54, 1.807) is 0 Å². The fourth-order valence-electron chi connectivity index (χ4n) is 2.50. The third-order valence-corrected chi connectivity index (χ3v) is 5.99. The number of anilines is 2. The van der Waals surface area contributed by atoms with Gasteiger partial charge in [0.25, 0.3) is 0 Å².